The van der Waals surface area contributed by atoms with Crippen LogP contribution in [-0.2, 0) is 9.59 Å². The Bertz CT molecular complexity index is 708. The van der Waals surface area contributed by atoms with Crippen molar-refractivity contribution < 1.29 is 9.59 Å². The zero-order chi connectivity index (χ0) is 20.2. The quantitative estimate of drug-likeness (QED) is 0.731. The lowest BCUT2D eigenvalue weighted by Crippen LogP contribution is -2.45. The largest absolute Gasteiger partial charge is 0.357 e. The van der Waals surface area contributed by atoms with Crippen LogP contribution in [0.4, 0.5) is 5.82 Å². The molecule has 4 heterocycles. The molecule has 2 N–H and O–H groups in total. The molecule has 7 heteroatoms. The van der Waals surface area contributed by atoms with E-state index in [-0.39, 0.29) is 17.7 Å². The number of carbonyl (C=O) groups excluding carboxylic acids is 2. The standard InChI is InChI=1S/C22H33N5O2/c1-26(18-6-10-23-11-7-18)15-16-8-12-27(13-9-16)20-4-2-17(14-24-20)19-3-5-21(28)25-22(19)29/h2,4,14,16,18-19,23H,3,5-13,15H2,1H3,(H,25,28,29). The van der Waals surface area contributed by atoms with Crippen LogP contribution in [0.5, 0.6) is 0 Å². The molecule has 29 heavy (non-hydrogen) atoms. The molecule has 0 bridgehead atoms. The lowest BCUT2D eigenvalue weighted by atomic mass is 9.91. The molecule has 158 valence electrons. The Hall–Kier alpha value is -1.99. The number of anilines is 1. The molecular weight excluding hydrogens is 366 g/mol. The first-order chi connectivity index (χ1) is 14.1. The number of imide groups is 1. The van der Waals surface area contributed by atoms with Crippen molar-refractivity contribution in [1.29, 1.82) is 0 Å². The number of aromatic nitrogens is 1. The zero-order valence-corrected chi connectivity index (χ0v) is 17.4. The van der Waals surface area contributed by atoms with Gasteiger partial charge in [-0.25, -0.2) is 4.98 Å². The second-order valence-corrected chi connectivity index (χ2v) is 8.80. The predicted molar refractivity (Wildman–Crippen MR) is 113 cm³/mol. The molecule has 3 aliphatic rings. The van der Waals surface area contributed by atoms with E-state index in [2.05, 4.69) is 32.5 Å². The third-order valence-corrected chi connectivity index (χ3v) is 6.83. The summed E-state index contributed by atoms with van der Waals surface area (Å²) >= 11 is 0. The van der Waals surface area contributed by atoms with Crippen molar-refractivity contribution in [3.8, 4) is 0 Å². The lowest BCUT2D eigenvalue weighted by Gasteiger charge is -2.38. The number of hydrogen-bond acceptors (Lipinski definition) is 6. The van der Waals surface area contributed by atoms with Crippen molar-refractivity contribution in [2.75, 3.05) is 44.7 Å². The monoisotopic (exact) mass is 399 g/mol. The summed E-state index contributed by atoms with van der Waals surface area (Å²) < 4.78 is 0. The molecule has 1 unspecified atom stereocenters. The SMILES string of the molecule is CN(CC1CCN(c2ccc(C3CCC(=O)NC3=O)cn2)CC1)C1CCNCC1. The minimum absolute atomic E-state index is 0.176. The van der Waals surface area contributed by atoms with Crippen molar-refractivity contribution in [2.45, 2.75) is 50.5 Å². The molecule has 3 saturated heterocycles. The average Bonchev–Trinajstić information content (AvgIpc) is 2.75. The predicted octanol–water partition coefficient (Wildman–Crippen LogP) is 1.50. The zero-order valence-electron chi connectivity index (χ0n) is 17.4. The maximum absolute atomic E-state index is 12.1. The molecule has 3 aliphatic heterocycles. The van der Waals surface area contributed by atoms with Crippen molar-refractivity contribution >= 4 is 17.6 Å². The van der Waals surface area contributed by atoms with Gasteiger partial charge in [-0.3, -0.25) is 14.9 Å². The van der Waals surface area contributed by atoms with Crippen LogP contribution < -0.4 is 15.5 Å². The van der Waals surface area contributed by atoms with E-state index in [0.29, 0.717) is 12.8 Å². The fourth-order valence-corrected chi connectivity index (χ4v) is 4.95. The van der Waals surface area contributed by atoms with E-state index in [1.807, 2.05) is 18.3 Å². The fourth-order valence-electron chi connectivity index (χ4n) is 4.95. The van der Waals surface area contributed by atoms with Gasteiger partial charge in [0, 0.05) is 38.3 Å². The highest BCUT2D eigenvalue weighted by molar-refractivity contribution is 6.00. The van der Waals surface area contributed by atoms with Gasteiger partial charge in [0.2, 0.25) is 11.8 Å². The number of amides is 2. The van der Waals surface area contributed by atoms with Gasteiger partial charge in [-0.2, -0.15) is 0 Å². The van der Waals surface area contributed by atoms with Gasteiger partial charge in [0.25, 0.3) is 0 Å². The normalized spacial score (nSPS) is 24.8. The van der Waals surface area contributed by atoms with Gasteiger partial charge in [0.1, 0.15) is 5.82 Å². The summed E-state index contributed by atoms with van der Waals surface area (Å²) in [5.74, 6) is 1.12. The second-order valence-electron chi connectivity index (χ2n) is 8.80. The fraction of sp³-hybridized carbons (Fsp3) is 0.682. The molecule has 0 radical (unpaired) electrons. The Balaban J connectivity index is 1.27. The number of piperidine rings is 3. The summed E-state index contributed by atoms with van der Waals surface area (Å²) in [4.78, 5) is 33.0. The van der Waals surface area contributed by atoms with Gasteiger partial charge in [0.15, 0.2) is 0 Å². The number of nitrogens with zero attached hydrogens (tertiary/aromatic N) is 3. The van der Waals surface area contributed by atoms with E-state index < -0.39 is 0 Å². The van der Waals surface area contributed by atoms with Crippen molar-refractivity contribution in [3.63, 3.8) is 0 Å². The van der Waals surface area contributed by atoms with Crippen LogP contribution >= 0.6 is 0 Å². The first-order valence-electron chi connectivity index (χ1n) is 11.1. The molecule has 0 aliphatic carbocycles. The number of pyridine rings is 1. The number of rotatable bonds is 5. The molecule has 2 amide bonds. The molecule has 1 aromatic heterocycles. The Morgan fingerprint density at radius 3 is 2.52 bits per heavy atom. The molecule has 4 rings (SSSR count). The molecule has 0 spiro atoms. The van der Waals surface area contributed by atoms with Crippen LogP contribution in [0.1, 0.15) is 50.0 Å². The minimum Gasteiger partial charge on any atom is -0.357 e. The second kappa shape index (κ2) is 9.22. The van der Waals surface area contributed by atoms with Crippen molar-refractivity contribution in [1.82, 2.24) is 20.5 Å². The molecule has 1 aromatic rings. The van der Waals surface area contributed by atoms with E-state index in [0.717, 1.165) is 49.5 Å². The Kier molecular flexibility index (Phi) is 6.45. The summed E-state index contributed by atoms with van der Waals surface area (Å²) in [6.07, 6.45) is 7.71. The number of nitrogens with one attached hydrogen (secondary N) is 2. The van der Waals surface area contributed by atoms with Crippen LogP contribution in [0.15, 0.2) is 18.3 Å². The van der Waals surface area contributed by atoms with Gasteiger partial charge in [-0.15, -0.1) is 0 Å². The van der Waals surface area contributed by atoms with E-state index >= 15 is 0 Å². The van der Waals surface area contributed by atoms with Crippen LogP contribution in [0.3, 0.4) is 0 Å². The molecule has 7 nitrogen and oxygen atoms in total. The summed E-state index contributed by atoms with van der Waals surface area (Å²) in [6.45, 7) is 5.56. The molecule has 3 fully saturated rings. The smallest absolute Gasteiger partial charge is 0.234 e. The number of hydrogen-bond donors (Lipinski definition) is 2. The Labute approximate surface area is 173 Å². The van der Waals surface area contributed by atoms with Crippen LogP contribution in [0.25, 0.3) is 0 Å². The highest BCUT2D eigenvalue weighted by Gasteiger charge is 2.29. The van der Waals surface area contributed by atoms with E-state index in [4.69, 9.17) is 0 Å². The Morgan fingerprint density at radius 2 is 1.86 bits per heavy atom. The van der Waals surface area contributed by atoms with Crippen LogP contribution in [-0.4, -0.2) is 67.5 Å². The van der Waals surface area contributed by atoms with Crippen molar-refractivity contribution in [2.24, 2.45) is 5.92 Å². The summed E-state index contributed by atoms with van der Waals surface area (Å²) in [5, 5.41) is 5.88. The summed E-state index contributed by atoms with van der Waals surface area (Å²) in [7, 11) is 2.29. The first kappa shape index (κ1) is 20.3. The van der Waals surface area contributed by atoms with E-state index in [1.54, 1.807) is 0 Å². The molecule has 1 atom stereocenters. The van der Waals surface area contributed by atoms with Crippen LogP contribution in [0, 0.1) is 5.92 Å². The molecule has 0 saturated carbocycles. The topological polar surface area (TPSA) is 77.6 Å². The van der Waals surface area contributed by atoms with E-state index in [1.165, 1.54) is 32.2 Å². The summed E-state index contributed by atoms with van der Waals surface area (Å²) in [6, 6.07) is 4.76. The highest BCUT2D eigenvalue weighted by atomic mass is 16.2. The maximum atomic E-state index is 12.1. The molecular formula is C22H33N5O2. The van der Waals surface area contributed by atoms with Gasteiger partial charge in [-0.1, -0.05) is 6.07 Å². The minimum atomic E-state index is -0.259. The maximum Gasteiger partial charge on any atom is 0.234 e. The van der Waals surface area contributed by atoms with Crippen LogP contribution in [0.2, 0.25) is 0 Å². The van der Waals surface area contributed by atoms with E-state index in [9.17, 15) is 9.59 Å². The van der Waals surface area contributed by atoms with Crippen molar-refractivity contribution in [3.05, 3.63) is 23.9 Å². The highest BCUT2D eigenvalue weighted by Crippen LogP contribution is 2.27. The molecule has 0 aromatic carbocycles. The van der Waals surface area contributed by atoms with Gasteiger partial charge < -0.3 is 15.1 Å². The van der Waals surface area contributed by atoms with Gasteiger partial charge in [-0.05, 0) is 69.8 Å². The average molecular weight is 400 g/mol. The lowest BCUT2D eigenvalue weighted by molar-refractivity contribution is -0.134. The Morgan fingerprint density at radius 1 is 1.10 bits per heavy atom. The third-order valence-electron chi connectivity index (χ3n) is 6.83. The van der Waals surface area contributed by atoms with Gasteiger partial charge >= 0.3 is 0 Å². The number of carbonyl (C=O) groups is 2. The first-order valence-corrected chi connectivity index (χ1v) is 11.1. The third kappa shape index (κ3) is 4.95. The summed E-state index contributed by atoms with van der Waals surface area (Å²) in [5.41, 5.74) is 0.900. The van der Waals surface area contributed by atoms with Gasteiger partial charge in [0.05, 0.1) is 5.92 Å².